The highest BCUT2D eigenvalue weighted by molar-refractivity contribution is 9.10. The van der Waals surface area contributed by atoms with E-state index >= 15 is 0 Å². The number of alkyl halides is 3. The Bertz CT molecular complexity index is 1420. The van der Waals surface area contributed by atoms with Gasteiger partial charge in [0.1, 0.15) is 5.69 Å². The van der Waals surface area contributed by atoms with Gasteiger partial charge in [0.15, 0.2) is 11.4 Å². The van der Waals surface area contributed by atoms with Gasteiger partial charge in [-0.3, -0.25) is 9.59 Å². The summed E-state index contributed by atoms with van der Waals surface area (Å²) in [5.74, 6) is -1.41. The minimum Gasteiger partial charge on any atom is -0.363 e. The molecule has 0 fully saturated rings. The van der Waals surface area contributed by atoms with Crippen LogP contribution in [0.5, 0.6) is 0 Å². The van der Waals surface area contributed by atoms with Crippen molar-refractivity contribution in [1.82, 2.24) is 20.4 Å². The number of anilines is 1. The first kappa shape index (κ1) is 24.8. The first-order chi connectivity index (χ1) is 16.5. The minimum atomic E-state index is -4.81. The highest BCUT2D eigenvalue weighted by atomic mass is 79.9. The van der Waals surface area contributed by atoms with E-state index in [4.69, 9.17) is 11.6 Å². The van der Waals surface area contributed by atoms with Crippen LogP contribution < -0.4 is 16.0 Å². The summed E-state index contributed by atoms with van der Waals surface area (Å²) in [5.41, 5.74) is -2.93. The first-order valence-corrected chi connectivity index (χ1v) is 11.4. The lowest BCUT2D eigenvalue weighted by Crippen LogP contribution is -2.46. The molecule has 3 aromatic rings. The van der Waals surface area contributed by atoms with Gasteiger partial charge in [0, 0.05) is 17.6 Å². The van der Waals surface area contributed by atoms with Gasteiger partial charge in [-0.1, -0.05) is 35.9 Å². The number of hydrogen-bond acceptors (Lipinski definition) is 4. The number of hydrogen-bond donors (Lipinski definition) is 3. The zero-order valence-electron chi connectivity index (χ0n) is 18.3. The standard InChI is InChI=1S/C23H18BrClF3N5O2/c1-22(16(25)8-5-9-30-22)33-15(11-17(32-33)23(26,27)28)21(35)31-19-14(20(34)29-2)10-12-6-3-4-7-13(12)18(19)24/h3-11,30H,1-2H3,(H,29,34)(H,31,35). The SMILES string of the molecule is CNC(=O)c1cc2ccccc2c(Br)c1NC(=O)c1cc(C(F)(F)F)nn1C1(C)NC=CC=C1Cl. The molecule has 2 amide bonds. The topological polar surface area (TPSA) is 88.1 Å². The number of rotatable bonds is 4. The lowest BCUT2D eigenvalue weighted by atomic mass is 10.0. The Morgan fingerprint density at radius 3 is 2.57 bits per heavy atom. The molecular weight excluding hydrogens is 551 g/mol. The number of nitrogens with one attached hydrogen (secondary N) is 3. The molecule has 7 nitrogen and oxygen atoms in total. The molecule has 0 aliphatic carbocycles. The smallest absolute Gasteiger partial charge is 0.363 e. The van der Waals surface area contributed by atoms with Gasteiger partial charge >= 0.3 is 6.18 Å². The molecule has 1 unspecified atom stereocenters. The predicted octanol–water partition coefficient (Wildman–Crippen LogP) is 5.34. The molecule has 1 aromatic heterocycles. The predicted molar refractivity (Wildman–Crippen MR) is 130 cm³/mol. The van der Waals surface area contributed by atoms with Crippen molar-refractivity contribution in [3.8, 4) is 0 Å². The number of carbonyl (C=O) groups excluding carboxylic acids is 2. The van der Waals surface area contributed by atoms with Crippen LogP contribution in [0.4, 0.5) is 18.9 Å². The largest absolute Gasteiger partial charge is 0.435 e. The molecule has 0 bridgehead atoms. The van der Waals surface area contributed by atoms with Crippen molar-refractivity contribution in [1.29, 1.82) is 0 Å². The summed E-state index contributed by atoms with van der Waals surface area (Å²) < 4.78 is 42.0. The molecule has 1 atom stereocenters. The van der Waals surface area contributed by atoms with E-state index < -0.39 is 35.0 Å². The Labute approximate surface area is 211 Å². The monoisotopic (exact) mass is 567 g/mol. The number of nitrogens with zero attached hydrogens (tertiary/aromatic N) is 2. The Hall–Kier alpha value is -3.31. The fourth-order valence-corrected chi connectivity index (χ4v) is 4.56. The summed E-state index contributed by atoms with van der Waals surface area (Å²) in [7, 11) is 1.43. The third-order valence-corrected chi connectivity index (χ3v) is 6.84. The summed E-state index contributed by atoms with van der Waals surface area (Å²) in [5, 5.41) is 13.1. The second-order valence-electron chi connectivity index (χ2n) is 7.78. The van der Waals surface area contributed by atoms with Crippen molar-refractivity contribution in [2.45, 2.75) is 18.8 Å². The maximum atomic E-state index is 13.6. The van der Waals surface area contributed by atoms with Crippen LogP contribution in [-0.4, -0.2) is 28.6 Å². The number of aromatic nitrogens is 2. The highest BCUT2D eigenvalue weighted by Gasteiger charge is 2.41. The Balaban J connectivity index is 1.86. The number of allylic oxidation sites excluding steroid dienone is 2. The van der Waals surface area contributed by atoms with Gasteiger partial charge in [0.2, 0.25) is 0 Å². The van der Waals surface area contributed by atoms with Crippen LogP contribution in [0.25, 0.3) is 10.8 Å². The molecule has 2 aromatic carbocycles. The minimum absolute atomic E-state index is 0.0950. The molecule has 0 saturated heterocycles. The molecule has 1 aliphatic rings. The number of dihydropyridines is 1. The molecule has 0 spiro atoms. The molecule has 35 heavy (non-hydrogen) atoms. The lowest BCUT2D eigenvalue weighted by Gasteiger charge is -2.33. The normalized spacial score (nSPS) is 17.6. The number of carbonyl (C=O) groups is 2. The second kappa shape index (κ2) is 9.04. The maximum Gasteiger partial charge on any atom is 0.435 e. The fraction of sp³-hybridized carbons (Fsp3) is 0.174. The van der Waals surface area contributed by atoms with Crippen LogP contribution in [0, 0.1) is 0 Å². The van der Waals surface area contributed by atoms with Crippen molar-refractivity contribution < 1.29 is 22.8 Å². The zero-order chi connectivity index (χ0) is 25.5. The van der Waals surface area contributed by atoms with E-state index in [0.717, 1.165) is 10.1 Å². The summed E-state index contributed by atoms with van der Waals surface area (Å²) >= 11 is 9.74. The zero-order valence-corrected chi connectivity index (χ0v) is 20.6. The van der Waals surface area contributed by atoms with Crippen LogP contribution in [0.3, 0.4) is 0 Å². The quantitative estimate of drug-likeness (QED) is 0.396. The van der Waals surface area contributed by atoms with E-state index in [-0.39, 0.29) is 16.3 Å². The fourth-order valence-electron chi connectivity index (χ4n) is 3.68. The van der Waals surface area contributed by atoms with Crippen molar-refractivity contribution >= 4 is 55.8 Å². The third-order valence-electron chi connectivity index (χ3n) is 5.52. The first-order valence-electron chi connectivity index (χ1n) is 10.2. The number of halogens is 5. The molecule has 4 rings (SSSR count). The number of amides is 2. The Kier molecular flexibility index (Phi) is 6.41. The van der Waals surface area contributed by atoms with Gasteiger partial charge in [-0.2, -0.15) is 18.3 Å². The summed E-state index contributed by atoms with van der Waals surface area (Å²) in [6, 6.07) is 9.36. The van der Waals surface area contributed by atoms with Gasteiger partial charge < -0.3 is 16.0 Å². The Morgan fingerprint density at radius 1 is 1.20 bits per heavy atom. The van der Waals surface area contributed by atoms with Crippen molar-refractivity contribution in [2.24, 2.45) is 0 Å². The van der Waals surface area contributed by atoms with Gasteiger partial charge in [0.25, 0.3) is 11.8 Å². The van der Waals surface area contributed by atoms with Crippen molar-refractivity contribution in [3.63, 3.8) is 0 Å². The van der Waals surface area contributed by atoms with E-state index in [1.807, 2.05) is 0 Å². The van der Waals surface area contributed by atoms with Crippen molar-refractivity contribution in [3.05, 3.63) is 81.2 Å². The molecule has 12 heteroatoms. The van der Waals surface area contributed by atoms with E-state index in [1.165, 1.54) is 26.2 Å². The third kappa shape index (κ3) is 4.41. The summed E-state index contributed by atoms with van der Waals surface area (Å²) in [4.78, 5) is 26.0. The Morgan fingerprint density at radius 2 is 1.91 bits per heavy atom. The average molecular weight is 569 g/mol. The summed E-state index contributed by atoms with van der Waals surface area (Å²) in [6.07, 6.45) is -0.279. The molecule has 3 N–H and O–H groups in total. The molecule has 182 valence electrons. The van der Waals surface area contributed by atoms with Gasteiger partial charge in [0.05, 0.1) is 16.3 Å². The molecule has 1 aliphatic heterocycles. The van der Waals surface area contributed by atoms with E-state index in [2.05, 4.69) is 37.0 Å². The molecular formula is C23H18BrClF3N5O2. The maximum absolute atomic E-state index is 13.6. The molecule has 0 radical (unpaired) electrons. The van der Waals surface area contributed by atoms with Gasteiger partial charge in [-0.15, -0.1) is 0 Å². The van der Waals surface area contributed by atoms with Crippen LogP contribution in [-0.2, 0) is 11.8 Å². The van der Waals surface area contributed by atoms with Crippen molar-refractivity contribution in [2.75, 3.05) is 12.4 Å². The van der Waals surface area contributed by atoms with E-state index in [9.17, 15) is 22.8 Å². The molecule has 2 heterocycles. The average Bonchev–Trinajstić information content (AvgIpc) is 3.29. The van der Waals surface area contributed by atoms with E-state index in [1.54, 1.807) is 36.4 Å². The van der Waals surface area contributed by atoms with E-state index in [0.29, 0.717) is 15.9 Å². The van der Waals surface area contributed by atoms with Crippen LogP contribution in [0.15, 0.2) is 64.3 Å². The lowest BCUT2D eigenvalue weighted by molar-refractivity contribution is -0.141. The van der Waals surface area contributed by atoms with Gasteiger partial charge in [-0.25, -0.2) is 4.68 Å². The number of fused-ring (bicyclic) bond motifs is 1. The molecule has 0 saturated carbocycles. The van der Waals surface area contributed by atoms with Crippen LogP contribution in [0.1, 0.15) is 33.5 Å². The number of benzene rings is 2. The summed E-state index contributed by atoms with van der Waals surface area (Å²) in [6.45, 7) is 1.49. The van der Waals surface area contributed by atoms with Crippen LogP contribution >= 0.6 is 27.5 Å². The second-order valence-corrected chi connectivity index (χ2v) is 8.98. The van der Waals surface area contributed by atoms with Crippen LogP contribution in [0.2, 0.25) is 0 Å². The van der Waals surface area contributed by atoms with Gasteiger partial charge in [-0.05, 0) is 58.0 Å². The highest BCUT2D eigenvalue weighted by Crippen LogP contribution is 2.37.